The van der Waals surface area contributed by atoms with E-state index >= 15 is 0 Å². The Morgan fingerprint density at radius 1 is 1.42 bits per heavy atom. The third kappa shape index (κ3) is 4.52. The van der Waals surface area contributed by atoms with Crippen LogP contribution in [0, 0.1) is 0 Å². The number of alkyl halides is 2. The van der Waals surface area contributed by atoms with Crippen LogP contribution in [-0.4, -0.2) is 34.8 Å². The van der Waals surface area contributed by atoms with Gasteiger partial charge in [-0.2, -0.15) is 4.98 Å². The van der Waals surface area contributed by atoms with Crippen LogP contribution in [0.2, 0.25) is 0 Å². The summed E-state index contributed by atoms with van der Waals surface area (Å²) in [4.78, 5) is 8.18. The average molecular weight is 290 g/mol. The Morgan fingerprint density at radius 3 is 2.95 bits per heavy atom. The molecule has 0 spiro atoms. The molecule has 2 heterocycles. The Bertz CT molecular complexity index is 517. The van der Waals surface area contributed by atoms with E-state index in [4.69, 9.17) is 15.0 Å². The van der Waals surface area contributed by atoms with Crippen molar-refractivity contribution in [1.82, 2.24) is 15.1 Å². The molecule has 0 saturated heterocycles. The number of nitrogen functional groups attached to an aromatic ring is 1. The molecule has 2 N–H and O–H groups in total. The molecule has 0 aliphatic heterocycles. The van der Waals surface area contributed by atoms with Gasteiger partial charge in [-0.05, 0) is 0 Å². The number of hydrogen-bond acceptors (Lipinski definition) is 7. The molecule has 0 atom stereocenters. The predicted molar refractivity (Wildman–Crippen MR) is 64.2 cm³/mol. The van der Waals surface area contributed by atoms with Crippen LogP contribution in [0.15, 0.2) is 9.90 Å². The molecule has 2 aromatic rings. The largest absolute Gasteiger partial charge is 0.375 e. The van der Waals surface area contributed by atoms with Crippen molar-refractivity contribution in [3.63, 3.8) is 0 Å². The number of halogens is 2. The van der Waals surface area contributed by atoms with E-state index in [2.05, 4.69) is 15.1 Å². The van der Waals surface area contributed by atoms with Crippen molar-refractivity contribution in [2.45, 2.75) is 19.3 Å². The van der Waals surface area contributed by atoms with Crippen molar-refractivity contribution in [3.8, 4) is 0 Å². The average Bonchev–Trinajstić information content (AvgIpc) is 2.95. The molecular weight excluding hydrogens is 278 g/mol. The number of aromatic nitrogens is 3. The van der Waals surface area contributed by atoms with Gasteiger partial charge in [0.05, 0.1) is 18.7 Å². The van der Waals surface area contributed by atoms with Crippen LogP contribution in [0.5, 0.6) is 0 Å². The number of nitrogens with two attached hydrogens (primary N) is 1. The first kappa shape index (κ1) is 13.8. The fourth-order valence-corrected chi connectivity index (χ4v) is 1.92. The maximum atomic E-state index is 11.8. The van der Waals surface area contributed by atoms with Gasteiger partial charge in [0.15, 0.2) is 11.0 Å². The van der Waals surface area contributed by atoms with Crippen LogP contribution in [0.3, 0.4) is 0 Å². The molecule has 9 heteroatoms. The quantitative estimate of drug-likeness (QED) is 0.778. The molecule has 0 amide bonds. The molecule has 19 heavy (non-hydrogen) atoms. The van der Waals surface area contributed by atoms with E-state index in [0.29, 0.717) is 29.7 Å². The van der Waals surface area contributed by atoms with E-state index in [1.54, 1.807) is 0 Å². The summed E-state index contributed by atoms with van der Waals surface area (Å²) in [6, 6.07) is 0. The van der Waals surface area contributed by atoms with Gasteiger partial charge in [0.2, 0.25) is 5.89 Å². The second kappa shape index (κ2) is 6.53. The molecule has 0 saturated carbocycles. The summed E-state index contributed by atoms with van der Waals surface area (Å²) in [5.74, 6) is 0.835. The Morgan fingerprint density at radius 2 is 2.26 bits per heavy atom. The highest BCUT2D eigenvalue weighted by Crippen LogP contribution is 2.14. The van der Waals surface area contributed by atoms with Gasteiger partial charge in [0, 0.05) is 11.8 Å². The fraction of sp³-hybridized carbons (Fsp3) is 0.500. The minimum atomic E-state index is -2.46. The number of anilines is 1. The molecule has 2 rings (SSSR count). The van der Waals surface area contributed by atoms with Crippen LogP contribution in [0.4, 0.5) is 13.9 Å². The molecule has 6 nitrogen and oxygen atoms in total. The first-order valence-corrected chi connectivity index (χ1v) is 6.38. The summed E-state index contributed by atoms with van der Waals surface area (Å²) >= 11 is 1.34. The third-order valence-corrected chi connectivity index (χ3v) is 2.85. The zero-order chi connectivity index (χ0) is 13.7. The Balaban J connectivity index is 1.78. The molecular formula is C10H12F2N4O2S. The highest BCUT2D eigenvalue weighted by molar-refractivity contribution is 7.13. The first-order chi connectivity index (χ1) is 9.13. The summed E-state index contributed by atoms with van der Waals surface area (Å²) < 4.78 is 33.4. The van der Waals surface area contributed by atoms with Gasteiger partial charge in [-0.3, -0.25) is 0 Å². The summed E-state index contributed by atoms with van der Waals surface area (Å²) in [6.07, 6.45) is -1.73. The number of hydrogen-bond donors (Lipinski definition) is 1. The van der Waals surface area contributed by atoms with Gasteiger partial charge in [-0.1, -0.05) is 5.16 Å². The molecule has 104 valence electrons. The van der Waals surface area contributed by atoms with Crippen molar-refractivity contribution >= 4 is 16.5 Å². The van der Waals surface area contributed by atoms with E-state index in [-0.39, 0.29) is 6.61 Å². The van der Waals surface area contributed by atoms with Crippen LogP contribution in [-0.2, 0) is 17.6 Å². The number of nitrogens with zero attached hydrogens (tertiary/aromatic N) is 3. The monoisotopic (exact) mass is 290 g/mol. The Hall–Kier alpha value is -1.61. The second-order valence-electron chi connectivity index (χ2n) is 3.67. The Labute approximate surface area is 111 Å². The fourth-order valence-electron chi connectivity index (χ4n) is 1.36. The third-order valence-electron chi connectivity index (χ3n) is 2.13. The van der Waals surface area contributed by atoms with E-state index in [0.717, 1.165) is 5.69 Å². The molecule has 0 aromatic carbocycles. The smallest absolute Gasteiger partial charge is 0.261 e. The van der Waals surface area contributed by atoms with Crippen molar-refractivity contribution in [2.75, 3.05) is 18.9 Å². The summed E-state index contributed by atoms with van der Waals surface area (Å²) in [7, 11) is 0. The second-order valence-corrected chi connectivity index (χ2v) is 4.56. The first-order valence-electron chi connectivity index (χ1n) is 5.50. The zero-order valence-electron chi connectivity index (χ0n) is 9.88. The van der Waals surface area contributed by atoms with Crippen LogP contribution in [0.1, 0.15) is 17.4 Å². The lowest BCUT2D eigenvalue weighted by molar-refractivity contribution is 0.0182. The minimum Gasteiger partial charge on any atom is -0.375 e. The van der Waals surface area contributed by atoms with E-state index in [1.165, 1.54) is 11.3 Å². The van der Waals surface area contributed by atoms with E-state index in [9.17, 15) is 8.78 Å². The van der Waals surface area contributed by atoms with Crippen LogP contribution in [0.25, 0.3) is 0 Å². The molecule has 0 aliphatic carbocycles. The maximum Gasteiger partial charge on any atom is 0.261 e. The van der Waals surface area contributed by atoms with Gasteiger partial charge >= 0.3 is 0 Å². The molecule has 2 aromatic heterocycles. The van der Waals surface area contributed by atoms with Crippen molar-refractivity contribution < 1.29 is 18.0 Å². The van der Waals surface area contributed by atoms with Crippen molar-refractivity contribution in [2.24, 2.45) is 0 Å². The normalized spacial score (nSPS) is 11.3. The summed E-state index contributed by atoms with van der Waals surface area (Å²) in [5.41, 5.74) is 6.26. The minimum absolute atomic E-state index is 0.132. The molecule has 0 radical (unpaired) electrons. The van der Waals surface area contributed by atoms with Crippen LogP contribution >= 0.6 is 11.3 Å². The van der Waals surface area contributed by atoms with Crippen LogP contribution < -0.4 is 5.73 Å². The lowest BCUT2D eigenvalue weighted by Crippen LogP contribution is -2.07. The highest BCUT2D eigenvalue weighted by atomic mass is 32.1. The van der Waals surface area contributed by atoms with Gasteiger partial charge < -0.3 is 15.0 Å². The highest BCUT2D eigenvalue weighted by Gasteiger charge is 2.10. The lowest BCUT2D eigenvalue weighted by atomic mass is 10.3. The SMILES string of the molecule is Nc1nc(Cc2nc(CCOCC(F)F)no2)cs1. The molecule has 0 unspecified atom stereocenters. The summed E-state index contributed by atoms with van der Waals surface area (Å²) in [5, 5.41) is 6.02. The van der Waals surface area contributed by atoms with Gasteiger partial charge in [-0.25, -0.2) is 13.8 Å². The zero-order valence-corrected chi connectivity index (χ0v) is 10.7. The van der Waals surface area contributed by atoms with Gasteiger partial charge in [-0.15, -0.1) is 11.3 Å². The van der Waals surface area contributed by atoms with Gasteiger partial charge in [0.1, 0.15) is 6.61 Å². The predicted octanol–water partition coefficient (Wildman–Crippen LogP) is 1.52. The topological polar surface area (TPSA) is 87.1 Å². The maximum absolute atomic E-state index is 11.8. The van der Waals surface area contributed by atoms with E-state index in [1.807, 2.05) is 5.38 Å². The molecule has 0 fully saturated rings. The molecule has 0 bridgehead atoms. The van der Waals surface area contributed by atoms with E-state index < -0.39 is 13.0 Å². The number of ether oxygens (including phenoxy) is 1. The van der Waals surface area contributed by atoms with Crippen molar-refractivity contribution in [3.05, 3.63) is 22.8 Å². The van der Waals surface area contributed by atoms with Gasteiger partial charge in [0.25, 0.3) is 6.43 Å². The molecule has 0 aliphatic rings. The summed E-state index contributed by atoms with van der Waals surface area (Å²) in [6.45, 7) is -0.449. The van der Waals surface area contributed by atoms with Crippen molar-refractivity contribution in [1.29, 1.82) is 0 Å². The standard InChI is InChI=1S/C10H12F2N4O2S/c11-7(12)4-17-2-1-8-15-9(18-16-8)3-6-5-19-10(13)14-6/h5,7H,1-4H2,(H2,13,14). The number of rotatable bonds is 7. The Kier molecular flexibility index (Phi) is 4.74. The lowest BCUT2D eigenvalue weighted by Gasteiger charge is -1.99. The number of thiazole rings is 1.